The van der Waals surface area contributed by atoms with Crippen LogP contribution in [-0.4, -0.2) is 31.2 Å². The molecule has 0 spiro atoms. The molecule has 0 radical (unpaired) electrons. The maximum atomic E-state index is 13.4. The summed E-state index contributed by atoms with van der Waals surface area (Å²) in [6, 6.07) is 15.7. The van der Waals surface area contributed by atoms with Gasteiger partial charge in [-0.1, -0.05) is 31.0 Å². The van der Waals surface area contributed by atoms with Crippen molar-refractivity contribution in [2.45, 2.75) is 35.3 Å². The number of methoxy groups -OCH3 is 1. The fourth-order valence-electron chi connectivity index (χ4n) is 3.83. The van der Waals surface area contributed by atoms with Gasteiger partial charge in [-0.25, -0.2) is 13.4 Å². The number of nitrogens with zero attached hydrogens (tertiary/aromatic N) is 1. The average molecular weight is 443 g/mol. The second-order valence-electron chi connectivity index (χ2n) is 7.24. The Morgan fingerprint density at radius 2 is 1.73 bits per heavy atom. The largest absolute Gasteiger partial charge is 0.497 e. The van der Waals surface area contributed by atoms with Gasteiger partial charge in [0.2, 0.25) is 5.91 Å². The van der Waals surface area contributed by atoms with Gasteiger partial charge < -0.3 is 10.1 Å². The Morgan fingerprint density at radius 1 is 1.07 bits per heavy atom. The second kappa shape index (κ2) is 8.20. The number of benzene rings is 2. The third kappa shape index (κ3) is 3.61. The standard InChI is InChI=1S/C22H22N2O4S2/c1-28-17-11-9-16(10-12-17)19-15-29-21(23-19)24-20(25)22(13-5-6-14-22)30(26,27)18-7-3-2-4-8-18/h2-4,7-12,15H,5-6,13-14H2,1H3,(H,23,24,25). The van der Waals surface area contributed by atoms with Gasteiger partial charge in [0.1, 0.15) is 5.75 Å². The van der Waals surface area contributed by atoms with Crippen LogP contribution in [0.3, 0.4) is 0 Å². The second-order valence-corrected chi connectivity index (χ2v) is 10.4. The van der Waals surface area contributed by atoms with Gasteiger partial charge in [0.15, 0.2) is 19.7 Å². The molecule has 6 nitrogen and oxygen atoms in total. The first-order valence-corrected chi connectivity index (χ1v) is 12.0. The molecule has 3 aromatic rings. The number of anilines is 1. The van der Waals surface area contributed by atoms with Crippen LogP contribution >= 0.6 is 11.3 Å². The van der Waals surface area contributed by atoms with Crippen molar-refractivity contribution in [1.29, 1.82) is 0 Å². The summed E-state index contributed by atoms with van der Waals surface area (Å²) in [6.07, 6.45) is 2.03. The number of hydrogen-bond acceptors (Lipinski definition) is 6. The molecule has 0 bridgehead atoms. The Kier molecular flexibility index (Phi) is 5.62. The van der Waals surface area contributed by atoms with Crippen molar-refractivity contribution in [2.24, 2.45) is 0 Å². The van der Waals surface area contributed by atoms with E-state index in [9.17, 15) is 13.2 Å². The van der Waals surface area contributed by atoms with Crippen molar-refractivity contribution in [1.82, 2.24) is 4.98 Å². The lowest BCUT2D eigenvalue weighted by molar-refractivity contribution is -0.118. The minimum Gasteiger partial charge on any atom is -0.497 e. The van der Waals surface area contributed by atoms with Crippen LogP contribution < -0.4 is 10.1 Å². The molecular weight excluding hydrogens is 420 g/mol. The van der Waals surface area contributed by atoms with Gasteiger partial charge >= 0.3 is 0 Å². The Morgan fingerprint density at radius 3 is 2.37 bits per heavy atom. The maximum Gasteiger partial charge on any atom is 0.248 e. The minimum absolute atomic E-state index is 0.181. The first-order valence-electron chi connectivity index (χ1n) is 9.67. The fraction of sp³-hybridized carbons (Fsp3) is 0.273. The van der Waals surface area contributed by atoms with E-state index in [-0.39, 0.29) is 4.90 Å². The van der Waals surface area contributed by atoms with Gasteiger partial charge in [-0.2, -0.15) is 0 Å². The van der Waals surface area contributed by atoms with Crippen molar-refractivity contribution in [2.75, 3.05) is 12.4 Å². The molecule has 1 N–H and O–H groups in total. The molecule has 0 saturated heterocycles. The summed E-state index contributed by atoms with van der Waals surface area (Å²) in [5, 5.41) is 5.00. The van der Waals surface area contributed by atoms with Crippen LogP contribution in [0.1, 0.15) is 25.7 Å². The van der Waals surface area contributed by atoms with Crippen molar-refractivity contribution >= 4 is 32.2 Å². The molecule has 1 amide bonds. The Bertz CT molecular complexity index is 1130. The van der Waals surface area contributed by atoms with Crippen LogP contribution in [0.2, 0.25) is 0 Å². The molecule has 0 aliphatic heterocycles. The number of hydrogen-bond donors (Lipinski definition) is 1. The predicted octanol–water partition coefficient (Wildman–Crippen LogP) is 4.54. The zero-order valence-corrected chi connectivity index (χ0v) is 18.1. The third-order valence-corrected chi connectivity index (χ3v) is 8.78. The van der Waals surface area contributed by atoms with Crippen molar-refractivity contribution in [3.8, 4) is 17.0 Å². The number of nitrogens with one attached hydrogen (secondary N) is 1. The molecule has 2 aromatic carbocycles. The number of carbonyl (C=O) groups excluding carboxylic acids is 1. The minimum atomic E-state index is -3.82. The van der Waals surface area contributed by atoms with Crippen LogP contribution in [0.4, 0.5) is 5.13 Å². The first kappa shape index (κ1) is 20.6. The number of carbonyl (C=O) groups is 1. The molecule has 1 fully saturated rings. The summed E-state index contributed by atoms with van der Waals surface area (Å²) in [6.45, 7) is 0. The van der Waals surface area contributed by atoms with Crippen LogP contribution in [0.5, 0.6) is 5.75 Å². The van der Waals surface area contributed by atoms with Crippen LogP contribution in [0.15, 0.2) is 64.9 Å². The van der Waals surface area contributed by atoms with E-state index in [0.717, 1.165) is 11.3 Å². The molecule has 0 atom stereocenters. The lowest BCUT2D eigenvalue weighted by Gasteiger charge is -2.27. The first-order chi connectivity index (χ1) is 14.5. The molecule has 4 rings (SSSR count). The van der Waals surface area contributed by atoms with E-state index in [1.807, 2.05) is 29.6 Å². The van der Waals surface area contributed by atoms with Gasteiger partial charge in [0, 0.05) is 10.9 Å². The topological polar surface area (TPSA) is 85.4 Å². The average Bonchev–Trinajstić information content (AvgIpc) is 3.45. The Hall–Kier alpha value is -2.71. The number of amides is 1. The van der Waals surface area contributed by atoms with Gasteiger partial charge in [0.05, 0.1) is 17.7 Å². The van der Waals surface area contributed by atoms with E-state index in [2.05, 4.69) is 10.3 Å². The molecular formula is C22H22N2O4S2. The summed E-state index contributed by atoms with van der Waals surface area (Å²) >= 11 is 1.28. The van der Waals surface area contributed by atoms with Gasteiger partial charge in [0.25, 0.3) is 0 Å². The molecule has 1 heterocycles. The van der Waals surface area contributed by atoms with E-state index in [4.69, 9.17) is 4.74 Å². The lowest BCUT2D eigenvalue weighted by atomic mass is 10.1. The molecule has 1 aliphatic carbocycles. The number of thiazole rings is 1. The maximum absolute atomic E-state index is 13.4. The van der Waals surface area contributed by atoms with E-state index in [1.165, 1.54) is 11.3 Å². The number of rotatable bonds is 6. The highest BCUT2D eigenvalue weighted by Crippen LogP contribution is 2.41. The highest BCUT2D eigenvalue weighted by molar-refractivity contribution is 7.93. The third-order valence-electron chi connectivity index (χ3n) is 5.50. The van der Waals surface area contributed by atoms with Crippen LogP contribution in [-0.2, 0) is 14.6 Å². The molecule has 1 aliphatic rings. The Balaban J connectivity index is 1.59. The summed E-state index contributed by atoms with van der Waals surface area (Å²) in [7, 11) is -2.22. The zero-order valence-electron chi connectivity index (χ0n) is 16.5. The molecule has 1 saturated carbocycles. The van der Waals surface area contributed by atoms with Crippen molar-refractivity contribution in [3.05, 3.63) is 60.0 Å². The molecule has 1 aromatic heterocycles. The highest BCUT2D eigenvalue weighted by Gasteiger charge is 2.53. The molecule has 156 valence electrons. The summed E-state index contributed by atoms with van der Waals surface area (Å²) in [5.74, 6) is 0.247. The van der Waals surface area contributed by atoms with E-state index in [0.29, 0.717) is 36.5 Å². The summed E-state index contributed by atoms with van der Waals surface area (Å²) in [5.41, 5.74) is 1.60. The van der Waals surface area contributed by atoms with E-state index in [1.54, 1.807) is 37.4 Å². The molecule has 30 heavy (non-hydrogen) atoms. The summed E-state index contributed by atoms with van der Waals surface area (Å²) in [4.78, 5) is 17.9. The zero-order chi connectivity index (χ0) is 21.2. The van der Waals surface area contributed by atoms with Crippen LogP contribution in [0.25, 0.3) is 11.3 Å². The summed E-state index contributed by atoms with van der Waals surface area (Å²) < 4.78 is 30.5. The van der Waals surface area contributed by atoms with Crippen LogP contribution in [0, 0.1) is 0 Å². The Labute approximate surface area is 179 Å². The highest BCUT2D eigenvalue weighted by atomic mass is 32.2. The number of aromatic nitrogens is 1. The lowest BCUT2D eigenvalue weighted by Crippen LogP contribution is -2.47. The fourth-order valence-corrected chi connectivity index (χ4v) is 6.63. The van der Waals surface area contributed by atoms with E-state index >= 15 is 0 Å². The van der Waals surface area contributed by atoms with E-state index < -0.39 is 20.5 Å². The number of ether oxygens (including phenoxy) is 1. The van der Waals surface area contributed by atoms with Gasteiger partial charge in [-0.05, 0) is 49.2 Å². The molecule has 0 unspecified atom stereocenters. The van der Waals surface area contributed by atoms with Gasteiger partial charge in [-0.15, -0.1) is 11.3 Å². The monoisotopic (exact) mass is 442 g/mol. The predicted molar refractivity (Wildman–Crippen MR) is 118 cm³/mol. The van der Waals surface area contributed by atoms with Crippen molar-refractivity contribution in [3.63, 3.8) is 0 Å². The smallest absolute Gasteiger partial charge is 0.248 e. The SMILES string of the molecule is COc1ccc(-c2csc(NC(=O)C3(S(=O)(=O)c4ccccc4)CCCC3)n2)cc1. The van der Waals surface area contributed by atoms with Gasteiger partial charge in [-0.3, -0.25) is 4.79 Å². The molecule has 8 heteroatoms. The van der Waals surface area contributed by atoms with Crippen molar-refractivity contribution < 1.29 is 17.9 Å². The normalized spacial score (nSPS) is 15.6. The number of sulfone groups is 1. The quantitative estimate of drug-likeness (QED) is 0.606.